The van der Waals surface area contributed by atoms with Crippen LogP contribution in [-0.2, 0) is 0 Å². The number of nitro groups is 1. The van der Waals surface area contributed by atoms with E-state index in [2.05, 4.69) is 6.42 Å². The number of benzene rings is 1. The van der Waals surface area contributed by atoms with E-state index in [1.807, 2.05) is 0 Å². The lowest BCUT2D eigenvalue weighted by Gasteiger charge is -1.89. The Bertz CT molecular complexity index is 340. The van der Waals surface area contributed by atoms with Crippen molar-refractivity contribution in [3.63, 3.8) is 0 Å². The molecule has 0 saturated heterocycles. The quantitative estimate of drug-likeness (QED) is 0.461. The first-order valence-electron chi connectivity index (χ1n) is 4.57. The molecule has 0 radical (unpaired) electrons. The Kier molecular flexibility index (Phi) is 4.05. The van der Waals surface area contributed by atoms with Crippen LogP contribution in [0, 0.1) is 28.3 Å². The summed E-state index contributed by atoms with van der Waals surface area (Å²) >= 11 is 0. The molecule has 1 aliphatic rings. The van der Waals surface area contributed by atoms with Crippen molar-refractivity contribution in [1.29, 1.82) is 0 Å². The van der Waals surface area contributed by atoms with Gasteiger partial charge in [0.05, 0.1) is 11.3 Å². The molecule has 1 aromatic carbocycles. The maximum atomic E-state index is 12.4. The van der Waals surface area contributed by atoms with Crippen molar-refractivity contribution in [2.75, 3.05) is 6.54 Å². The SMILES string of the molecule is NCC1[CH+]C1.O=[N+]([O-])c1ccccc1F. The molecule has 1 fully saturated rings. The summed E-state index contributed by atoms with van der Waals surface area (Å²) in [7, 11) is 0. The van der Waals surface area contributed by atoms with Gasteiger partial charge < -0.3 is 5.73 Å². The van der Waals surface area contributed by atoms with E-state index in [9.17, 15) is 14.5 Å². The maximum absolute atomic E-state index is 12.4. The zero-order chi connectivity index (χ0) is 11.3. The van der Waals surface area contributed by atoms with Crippen LogP contribution in [0.2, 0.25) is 0 Å². The summed E-state index contributed by atoms with van der Waals surface area (Å²) in [5.74, 6) is -0.0116. The molecule has 0 amide bonds. The van der Waals surface area contributed by atoms with Gasteiger partial charge in [0.2, 0.25) is 5.82 Å². The van der Waals surface area contributed by atoms with Crippen LogP contribution in [0.5, 0.6) is 0 Å². The summed E-state index contributed by atoms with van der Waals surface area (Å²) in [6, 6.07) is 5.00. The molecule has 2 rings (SSSR count). The van der Waals surface area contributed by atoms with Gasteiger partial charge in [-0.3, -0.25) is 10.1 Å². The van der Waals surface area contributed by atoms with E-state index in [0.717, 1.165) is 24.6 Å². The van der Waals surface area contributed by atoms with E-state index in [4.69, 9.17) is 5.73 Å². The van der Waals surface area contributed by atoms with Crippen LogP contribution in [0.4, 0.5) is 10.1 Å². The van der Waals surface area contributed by atoms with Gasteiger partial charge >= 0.3 is 5.69 Å². The zero-order valence-corrected chi connectivity index (χ0v) is 8.10. The summed E-state index contributed by atoms with van der Waals surface area (Å²) in [5, 5.41) is 9.99. The molecule has 0 spiro atoms. The molecular formula is C10H12FN2O2+. The van der Waals surface area contributed by atoms with Crippen LogP contribution < -0.4 is 5.73 Å². The summed E-state index contributed by atoms with van der Waals surface area (Å²) in [6.07, 6.45) is 3.48. The lowest BCUT2D eigenvalue weighted by atomic mass is 10.3. The number of hydrogen-bond donors (Lipinski definition) is 1. The van der Waals surface area contributed by atoms with Gasteiger partial charge in [-0.25, -0.2) is 0 Å². The van der Waals surface area contributed by atoms with Crippen LogP contribution >= 0.6 is 0 Å². The van der Waals surface area contributed by atoms with Crippen molar-refractivity contribution in [3.05, 3.63) is 46.6 Å². The molecule has 15 heavy (non-hydrogen) atoms. The predicted molar refractivity (Wildman–Crippen MR) is 54.5 cm³/mol. The standard InChI is InChI=1S/C6H4FNO2.C4H8N/c7-5-3-1-2-4-6(5)8(9)10;5-3-4-1-2-4/h1-4H;1,4H,2-3,5H2/q;+1. The molecule has 1 aromatic rings. The van der Waals surface area contributed by atoms with Crippen molar-refractivity contribution >= 4 is 5.69 Å². The van der Waals surface area contributed by atoms with Crippen molar-refractivity contribution in [2.45, 2.75) is 6.42 Å². The van der Waals surface area contributed by atoms with E-state index >= 15 is 0 Å². The number of nitrogens with two attached hydrogens (primary N) is 1. The van der Waals surface area contributed by atoms with Crippen LogP contribution in [0.3, 0.4) is 0 Å². The summed E-state index contributed by atoms with van der Waals surface area (Å²) in [5.41, 5.74) is 4.72. The highest BCUT2D eigenvalue weighted by Crippen LogP contribution is 2.24. The molecule has 0 heterocycles. The average molecular weight is 211 g/mol. The Morgan fingerprint density at radius 3 is 2.47 bits per heavy atom. The van der Waals surface area contributed by atoms with Crippen LogP contribution in [0.15, 0.2) is 24.3 Å². The van der Waals surface area contributed by atoms with E-state index in [0.29, 0.717) is 0 Å². The molecule has 4 nitrogen and oxygen atoms in total. The monoisotopic (exact) mass is 211 g/mol. The number of para-hydroxylation sites is 1. The molecule has 0 bridgehead atoms. The number of hydrogen-bond acceptors (Lipinski definition) is 3. The molecule has 0 aromatic heterocycles. The van der Waals surface area contributed by atoms with Gasteiger partial charge in [0.1, 0.15) is 12.3 Å². The lowest BCUT2D eigenvalue weighted by Crippen LogP contribution is -1.98. The third kappa shape index (κ3) is 3.95. The molecule has 5 heteroatoms. The highest BCUT2D eigenvalue weighted by molar-refractivity contribution is 5.30. The molecule has 1 saturated carbocycles. The number of halogens is 1. The predicted octanol–water partition coefficient (Wildman–Crippen LogP) is 1.90. The minimum atomic E-state index is -0.799. The van der Waals surface area contributed by atoms with Gasteiger partial charge in [0.25, 0.3) is 0 Å². The summed E-state index contributed by atoms with van der Waals surface area (Å²) in [4.78, 5) is 9.23. The van der Waals surface area contributed by atoms with E-state index in [1.54, 1.807) is 0 Å². The Hall–Kier alpha value is -1.62. The third-order valence-electron chi connectivity index (χ3n) is 1.92. The van der Waals surface area contributed by atoms with Crippen LogP contribution in [-0.4, -0.2) is 11.5 Å². The smallest absolute Gasteiger partial charge is 0.304 e. The average Bonchev–Trinajstić information content (AvgIpc) is 3.02. The Morgan fingerprint density at radius 2 is 2.20 bits per heavy atom. The molecule has 1 unspecified atom stereocenters. The molecule has 80 valence electrons. The second-order valence-corrected chi connectivity index (χ2v) is 3.18. The summed E-state index contributed by atoms with van der Waals surface area (Å²) in [6.45, 7) is 0.861. The van der Waals surface area contributed by atoms with Gasteiger partial charge in [-0.15, -0.1) is 0 Å². The van der Waals surface area contributed by atoms with E-state index in [1.165, 1.54) is 18.6 Å². The van der Waals surface area contributed by atoms with Crippen molar-refractivity contribution in [1.82, 2.24) is 0 Å². The first-order chi connectivity index (χ1) is 7.15. The van der Waals surface area contributed by atoms with Gasteiger partial charge in [-0.1, -0.05) is 12.1 Å². The second kappa shape index (κ2) is 5.31. The highest BCUT2D eigenvalue weighted by atomic mass is 19.1. The topological polar surface area (TPSA) is 69.2 Å². The third-order valence-corrected chi connectivity index (χ3v) is 1.92. The van der Waals surface area contributed by atoms with Crippen LogP contribution in [0.25, 0.3) is 0 Å². The molecular weight excluding hydrogens is 199 g/mol. The Labute approximate surface area is 87.0 Å². The van der Waals surface area contributed by atoms with E-state index < -0.39 is 16.4 Å². The summed E-state index contributed by atoms with van der Waals surface area (Å²) < 4.78 is 12.4. The fraction of sp³-hybridized carbons (Fsp3) is 0.300. The molecule has 1 atom stereocenters. The first-order valence-corrected chi connectivity index (χ1v) is 4.57. The van der Waals surface area contributed by atoms with Crippen molar-refractivity contribution in [3.8, 4) is 0 Å². The molecule has 1 aliphatic carbocycles. The largest absolute Gasteiger partial charge is 0.326 e. The molecule has 2 N–H and O–H groups in total. The first kappa shape index (κ1) is 11.5. The number of nitrogens with zero attached hydrogens (tertiary/aromatic N) is 1. The number of nitro benzene ring substituents is 1. The normalized spacial score (nSPS) is 17.1. The van der Waals surface area contributed by atoms with Gasteiger partial charge in [-0.2, -0.15) is 4.39 Å². The minimum absolute atomic E-state index is 0.484. The fourth-order valence-corrected chi connectivity index (χ4v) is 0.888. The van der Waals surface area contributed by atoms with Crippen molar-refractivity contribution in [2.24, 2.45) is 11.7 Å². The second-order valence-electron chi connectivity index (χ2n) is 3.18. The minimum Gasteiger partial charge on any atom is -0.326 e. The Balaban J connectivity index is 0.000000187. The van der Waals surface area contributed by atoms with Gasteiger partial charge in [-0.05, 0) is 6.07 Å². The van der Waals surface area contributed by atoms with E-state index in [-0.39, 0.29) is 0 Å². The fourth-order valence-electron chi connectivity index (χ4n) is 0.888. The highest BCUT2D eigenvalue weighted by Gasteiger charge is 2.32. The van der Waals surface area contributed by atoms with Gasteiger partial charge in [0, 0.05) is 12.6 Å². The Morgan fingerprint density at radius 1 is 1.60 bits per heavy atom. The van der Waals surface area contributed by atoms with Crippen LogP contribution in [0.1, 0.15) is 6.42 Å². The molecule has 0 aliphatic heterocycles. The zero-order valence-electron chi connectivity index (χ0n) is 8.10. The van der Waals surface area contributed by atoms with Gasteiger partial charge in [0.15, 0.2) is 0 Å². The number of rotatable bonds is 2. The lowest BCUT2D eigenvalue weighted by molar-refractivity contribution is -0.387. The van der Waals surface area contributed by atoms with Crippen molar-refractivity contribution < 1.29 is 9.31 Å². The maximum Gasteiger partial charge on any atom is 0.304 e.